The second kappa shape index (κ2) is 6.21. The van der Waals surface area contributed by atoms with Crippen molar-refractivity contribution in [3.05, 3.63) is 0 Å². The standard InChI is InChI=1S/C14H25NO3/c1-4-14(3,13(17)18)15-12(16)10(2)9-11-7-5-6-8-11/h10-11H,4-9H2,1-3H3,(H,15,16)(H,17,18). The van der Waals surface area contributed by atoms with E-state index in [-0.39, 0.29) is 11.8 Å². The average Bonchev–Trinajstić information content (AvgIpc) is 2.81. The van der Waals surface area contributed by atoms with Crippen molar-refractivity contribution in [3.63, 3.8) is 0 Å². The van der Waals surface area contributed by atoms with E-state index in [1.165, 1.54) is 25.7 Å². The number of rotatable bonds is 6. The molecule has 0 aromatic carbocycles. The highest BCUT2D eigenvalue weighted by atomic mass is 16.4. The lowest BCUT2D eigenvalue weighted by molar-refractivity contribution is -0.147. The first-order chi connectivity index (χ1) is 8.39. The van der Waals surface area contributed by atoms with Gasteiger partial charge in [0.05, 0.1) is 0 Å². The Kier molecular flexibility index (Phi) is 5.17. The van der Waals surface area contributed by atoms with Crippen LogP contribution in [0.2, 0.25) is 0 Å². The molecule has 0 aromatic rings. The number of carbonyl (C=O) groups is 2. The number of hydrogen-bond donors (Lipinski definition) is 2. The summed E-state index contributed by atoms with van der Waals surface area (Å²) >= 11 is 0. The molecule has 2 N–H and O–H groups in total. The molecule has 2 atom stereocenters. The Balaban J connectivity index is 2.50. The van der Waals surface area contributed by atoms with Crippen LogP contribution in [-0.4, -0.2) is 22.5 Å². The van der Waals surface area contributed by atoms with Crippen LogP contribution in [0, 0.1) is 11.8 Å². The topological polar surface area (TPSA) is 66.4 Å². The van der Waals surface area contributed by atoms with Crippen molar-refractivity contribution < 1.29 is 14.7 Å². The van der Waals surface area contributed by atoms with Gasteiger partial charge in [-0.05, 0) is 25.7 Å². The smallest absolute Gasteiger partial charge is 0.329 e. The molecule has 4 heteroatoms. The summed E-state index contributed by atoms with van der Waals surface area (Å²) in [4.78, 5) is 23.2. The van der Waals surface area contributed by atoms with Gasteiger partial charge in [-0.3, -0.25) is 4.79 Å². The Bertz CT molecular complexity index is 310. The zero-order chi connectivity index (χ0) is 13.8. The molecule has 2 unspecified atom stereocenters. The molecule has 0 heterocycles. The number of nitrogens with one attached hydrogen (secondary N) is 1. The number of carbonyl (C=O) groups excluding carboxylic acids is 1. The SMILES string of the molecule is CCC(C)(NC(=O)C(C)CC1CCCC1)C(=O)O. The molecule has 1 fully saturated rings. The monoisotopic (exact) mass is 255 g/mol. The predicted molar refractivity (Wildman–Crippen MR) is 70.2 cm³/mol. The van der Waals surface area contributed by atoms with E-state index in [0.29, 0.717) is 12.3 Å². The van der Waals surface area contributed by atoms with E-state index >= 15 is 0 Å². The lowest BCUT2D eigenvalue weighted by Gasteiger charge is -2.27. The van der Waals surface area contributed by atoms with E-state index in [1.807, 2.05) is 6.92 Å². The van der Waals surface area contributed by atoms with Crippen molar-refractivity contribution in [2.75, 3.05) is 0 Å². The number of carboxylic acid groups (broad SMARTS) is 1. The molecular formula is C14H25NO3. The van der Waals surface area contributed by atoms with Crippen LogP contribution in [0.3, 0.4) is 0 Å². The van der Waals surface area contributed by atoms with E-state index in [1.54, 1.807) is 13.8 Å². The summed E-state index contributed by atoms with van der Waals surface area (Å²) < 4.78 is 0. The fraction of sp³-hybridized carbons (Fsp3) is 0.857. The fourth-order valence-corrected chi connectivity index (χ4v) is 2.54. The Morgan fingerprint density at radius 2 is 1.94 bits per heavy atom. The zero-order valence-electron chi connectivity index (χ0n) is 11.7. The minimum atomic E-state index is -1.14. The average molecular weight is 255 g/mol. The number of aliphatic carboxylic acids is 1. The molecule has 0 radical (unpaired) electrons. The van der Waals surface area contributed by atoms with Crippen LogP contribution < -0.4 is 5.32 Å². The highest BCUT2D eigenvalue weighted by Crippen LogP contribution is 2.30. The van der Waals surface area contributed by atoms with Gasteiger partial charge in [-0.15, -0.1) is 0 Å². The summed E-state index contributed by atoms with van der Waals surface area (Å²) in [6.07, 6.45) is 6.22. The summed E-state index contributed by atoms with van der Waals surface area (Å²) in [7, 11) is 0. The van der Waals surface area contributed by atoms with Crippen molar-refractivity contribution >= 4 is 11.9 Å². The predicted octanol–water partition coefficient (Wildman–Crippen LogP) is 2.57. The van der Waals surface area contributed by atoms with Crippen LogP contribution >= 0.6 is 0 Å². The highest BCUT2D eigenvalue weighted by molar-refractivity contribution is 5.87. The van der Waals surface area contributed by atoms with Crippen molar-refractivity contribution in [1.29, 1.82) is 0 Å². The van der Waals surface area contributed by atoms with Crippen LogP contribution in [0.25, 0.3) is 0 Å². The van der Waals surface area contributed by atoms with E-state index in [9.17, 15) is 9.59 Å². The number of hydrogen-bond acceptors (Lipinski definition) is 2. The van der Waals surface area contributed by atoms with Gasteiger partial charge in [0.25, 0.3) is 0 Å². The summed E-state index contributed by atoms with van der Waals surface area (Å²) in [5.41, 5.74) is -1.14. The van der Waals surface area contributed by atoms with Gasteiger partial charge < -0.3 is 10.4 Å². The van der Waals surface area contributed by atoms with Crippen LogP contribution in [0.1, 0.15) is 59.3 Å². The molecule has 4 nitrogen and oxygen atoms in total. The molecule has 1 aliphatic carbocycles. The van der Waals surface area contributed by atoms with Crippen LogP contribution in [0.5, 0.6) is 0 Å². The molecule has 1 rings (SSSR count). The maximum absolute atomic E-state index is 12.0. The first kappa shape index (κ1) is 15.0. The third-order valence-electron chi connectivity index (χ3n) is 4.19. The molecule has 1 amide bonds. The minimum Gasteiger partial charge on any atom is -0.480 e. The lowest BCUT2D eigenvalue weighted by Crippen LogP contribution is -2.53. The molecule has 1 saturated carbocycles. The Morgan fingerprint density at radius 3 is 2.39 bits per heavy atom. The van der Waals surface area contributed by atoms with Gasteiger partial charge in [0.1, 0.15) is 5.54 Å². The maximum atomic E-state index is 12.0. The molecule has 18 heavy (non-hydrogen) atoms. The van der Waals surface area contributed by atoms with E-state index in [2.05, 4.69) is 5.32 Å². The van der Waals surface area contributed by atoms with Gasteiger partial charge in [0, 0.05) is 5.92 Å². The van der Waals surface area contributed by atoms with Gasteiger partial charge in [0.15, 0.2) is 0 Å². The summed E-state index contributed by atoms with van der Waals surface area (Å²) in [6.45, 7) is 5.23. The van der Waals surface area contributed by atoms with Gasteiger partial charge in [0.2, 0.25) is 5.91 Å². The van der Waals surface area contributed by atoms with Crippen molar-refractivity contribution in [3.8, 4) is 0 Å². The van der Waals surface area contributed by atoms with Crippen molar-refractivity contribution in [2.24, 2.45) is 11.8 Å². The van der Waals surface area contributed by atoms with Gasteiger partial charge in [-0.2, -0.15) is 0 Å². The largest absolute Gasteiger partial charge is 0.480 e. The fourth-order valence-electron chi connectivity index (χ4n) is 2.54. The maximum Gasteiger partial charge on any atom is 0.329 e. The molecule has 0 aliphatic heterocycles. The van der Waals surface area contributed by atoms with Crippen LogP contribution in [0.4, 0.5) is 0 Å². The van der Waals surface area contributed by atoms with Gasteiger partial charge >= 0.3 is 5.97 Å². The van der Waals surface area contributed by atoms with Crippen LogP contribution in [0.15, 0.2) is 0 Å². The van der Waals surface area contributed by atoms with E-state index < -0.39 is 11.5 Å². The molecule has 0 bridgehead atoms. The zero-order valence-corrected chi connectivity index (χ0v) is 11.7. The first-order valence-corrected chi connectivity index (χ1v) is 6.94. The molecule has 0 saturated heterocycles. The summed E-state index contributed by atoms with van der Waals surface area (Å²) in [5, 5.41) is 11.8. The second-order valence-corrected chi connectivity index (χ2v) is 5.77. The molecule has 1 aliphatic rings. The second-order valence-electron chi connectivity index (χ2n) is 5.77. The molecular weight excluding hydrogens is 230 g/mol. The third kappa shape index (κ3) is 3.72. The summed E-state index contributed by atoms with van der Waals surface area (Å²) in [5.74, 6) is -0.554. The first-order valence-electron chi connectivity index (χ1n) is 6.94. The lowest BCUT2D eigenvalue weighted by atomic mass is 9.92. The third-order valence-corrected chi connectivity index (χ3v) is 4.19. The quantitative estimate of drug-likeness (QED) is 0.766. The van der Waals surface area contributed by atoms with Gasteiger partial charge in [-0.1, -0.05) is 39.5 Å². The minimum absolute atomic E-state index is 0.0988. The van der Waals surface area contributed by atoms with Crippen molar-refractivity contribution in [2.45, 2.75) is 64.8 Å². The Labute approximate surface area is 109 Å². The number of carboxylic acids is 1. The molecule has 0 spiro atoms. The molecule has 0 aromatic heterocycles. The van der Waals surface area contributed by atoms with Crippen molar-refractivity contribution in [1.82, 2.24) is 5.32 Å². The van der Waals surface area contributed by atoms with Crippen LogP contribution in [-0.2, 0) is 9.59 Å². The Hall–Kier alpha value is -1.06. The molecule has 104 valence electrons. The normalized spacial score (nSPS) is 21.3. The number of amides is 1. The Morgan fingerprint density at radius 1 is 1.39 bits per heavy atom. The van der Waals surface area contributed by atoms with E-state index in [4.69, 9.17) is 5.11 Å². The van der Waals surface area contributed by atoms with E-state index in [0.717, 1.165) is 6.42 Å². The van der Waals surface area contributed by atoms with Gasteiger partial charge in [-0.25, -0.2) is 4.79 Å². The highest BCUT2D eigenvalue weighted by Gasteiger charge is 2.34. The summed E-state index contributed by atoms with van der Waals surface area (Å²) in [6, 6.07) is 0.